The van der Waals surface area contributed by atoms with E-state index in [0.29, 0.717) is 27.8 Å². The number of halogens is 3. The van der Waals surface area contributed by atoms with Crippen LogP contribution in [0.25, 0.3) is 0 Å². The van der Waals surface area contributed by atoms with Crippen molar-refractivity contribution in [1.29, 1.82) is 0 Å². The standard InChI is InChI=1S/C30H33BrCl2N2O3/c1-4-20(3)34-30(37)27(17-22-10-7-6-8-11-22)35(18-23-25(32)12-9-13-26(23)33)29(36)19-38-28-15-14-21(5-2)16-24(28)31/h6-16,20,27H,4-5,17-19H2,1-3H3,(H,34,37)/t20-,27+/m1/s1. The van der Waals surface area contributed by atoms with Gasteiger partial charge in [0.2, 0.25) is 5.91 Å². The summed E-state index contributed by atoms with van der Waals surface area (Å²) in [5.74, 6) is -0.0455. The number of hydrogen-bond acceptors (Lipinski definition) is 3. The number of nitrogens with zero attached hydrogens (tertiary/aromatic N) is 1. The Hall–Kier alpha value is -2.54. The van der Waals surface area contributed by atoms with Gasteiger partial charge in [0.05, 0.1) is 4.47 Å². The predicted octanol–water partition coefficient (Wildman–Crippen LogP) is 7.25. The first-order valence-electron chi connectivity index (χ1n) is 12.7. The molecule has 0 saturated carbocycles. The van der Waals surface area contributed by atoms with E-state index in [2.05, 4.69) is 28.2 Å². The first-order chi connectivity index (χ1) is 18.2. The third-order valence-electron chi connectivity index (χ3n) is 6.42. The molecule has 3 aromatic rings. The Balaban J connectivity index is 1.96. The maximum Gasteiger partial charge on any atom is 0.261 e. The Bertz CT molecular complexity index is 1220. The van der Waals surface area contributed by atoms with Gasteiger partial charge in [-0.3, -0.25) is 9.59 Å². The predicted molar refractivity (Wildman–Crippen MR) is 158 cm³/mol. The zero-order valence-electron chi connectivity index (χ0n) is 21.8. The second kappa shape index (κ2) is 14.6. The van der Waals surface area contributed by atoms with E-state index in [0.717, 1.165) is 28.4 Å². The highest BCUT2D eigenvalue weighted by Gasteiger charge is 2.32. The Morgan fingerprint density at radius 2 is 1.66 bits per heavy atom. The molecule has 3 aromatic carbocycles. The van der Waals surface area contributed by atoms with E-state index < -0.39 is 6.04 Å². The monoisotopic (exact) mass is 618 g/mol. The second-order valence-corrected chi connectivity index (χ2v) is 10.8. The molecule has 202 valence electrons. The Kier molecular flexibility index (Phi) is 11.5. The number of nitrogens with one attached hydrogen (secondary N) is 1. The molecule has 0 aliphatic rings. The lowest BCUT2D eigenvalue weighted by molar-refractivity contribution is -0.143. The molecule has 0 unspecified atom stereocenters. The van der Waals surface area contributed by atoms with Crippen LogP contribution in [0.15, 0.2) is 71.2 Å². The summed E-state index contributed by atoms with van der Waals surface area (Å²) in [5.41, 5.74) is 2.65. The number of amides is 2. The van der Waals surface area contributed by atoms with Crippen LogP contribution in [0.3, 0.4) is 0 Å². The first-order valence-corrected chi connectivity index (χ1v) is 14.3. The number of rotatable bonds is 12. The lowest BCUT2D eigenvalue weighted by Crippen LogP contribution is -2.53. The lowest BCUT2D eigenvalue weighted by atomic mass is 10.0. The van der Waals surface area contributed by atoms with Gasteiger partial charge in [0, 0.05) is 34.6 Å². The van der Waals surface area contributed by atoms with Gasteiger partial charge in [0.1, 0.15) is 11.8 Å². The minimum atomic E-state index is -0.805. The number of carbonyl (C=O) groups is 2. The normalized spacial score (nSPS) is 12.5. The van der Waals surface area contributed by atoms with Crippen LogP contribution >= 0.6 is 39.1 Å². The average Bonchev–Trinajstić information content (AvgIpc) is 2.91. The average molecular weight is 620 g/mol. The minimum absolute atomic E-state index is 0.0501. The highest BCUT2D eigenvalue weighted by Crippen LogP contribution is 2.29. The molecule has 1 N–H and O–H groups in total. The summed E-state index contributed by atoms with van der Waals surface area (Å²) in [6.07, 6.45) is 1.97. The summed E-state index contributed by atoms with van der Waals surface area (Å²) in [6.45, 7) is 5.81. The number of carbonyl (C=O) groups excluding carboxylic acids is 2. The maximum atomic E-state index is 13.8. The number of aryl methyl sites for hydroxylation is 1. The zero-order chi connectivity index (χ0) is 27.7. The molecule has 0 fully saturated rings. The van der Waals surface area contributed by atoms with Gasteiger partial charge >= 0.3 is 0 Å². The van der Waals surface area contributed by atoms with Crippen molar-refractivity contribution in [2.45, 2.75) is 58.7 Å². The molecular weight excluding hydrogens is 587 g/mol. The number of benzene rings is 3. The van der Waals surface area contributed by atoms with E-state index in [1.54, 1.807) is 18.2 Å². The quantitative estimate of drug-likeness (QED) is 0.232. The molecule has 0 heterocycles. The molecule has 0 radical (unpaired) electrons. The van der Waals surface area contributed by atoms with Crippen molar-refractivity contribution in [1.82, 2.24) is 10.2 Å². The Labute approximate surface area is 243 Å². The van der Waals surface area contributed by atoms with E-state index in [1.165, 1.54) is 4.90 Å². The van der Waals surface area contributed by atoms with E-state index in [-0.39, 0.29) is 31.0 Å². The molecule has 8 heteroatoms. The van der Waals surface area contributed by atoms with Crippen LogP contribution in [0, 0.1) is 0 Å². The fourth-order valence-electron chi connectivity index (χ4n) is 3.95. The van der Waals surface area contributed by atoms with E-state index in [9.17, 15) is 9.59 Å². The Morgan fingerprint density at radius 3 is 2.26 bits per heavy atom. The molecule has 0 aromatic heterocycles. The van der Waals surface area contributed by atoms with E-state index >= 15 is 0 Å². The zero-order valence-corrected chi connectivity index (χ0v) is 24.9. The molecule has 2 atom stereocenters. The fourth-order valence-corrected chi connectivity index (χ4v) is 5.01. The summed E-state index contributed by atoms with van der Waals surface area (Å²) in [6, 6.07) is 19.7. The van der Waals surface area contributed by atoms with E-state index in [1.807, 2.05) is 62.4 Å². The molecule has 0 bridgehead atoms. The molecule has 0 aliphatic heterocycles. The SMILES string of the molecule is CCc1ccc(OCC(=O)N(Cc2c(Cl)cccc2Cl)[C@@H](Cc2ccccc2)C(=O)N[C@H](C)CC)c(Br)c1. The van der Waals surface area contributed by atoms with Crippen molar-refractivity contribution in [3.8, 4) is 5.75 Å². The maximum absolute atomic E-state index is 13.8. The van der Waals surface area contributed by atoms with Gasteiger partial charge < -0.3 is 15.0 Å². The minimum Gasteiger partial charge on any atom is -0.483 e. The summed E-state index contributed by atoms with van der Waals surface area (Å²) < 4.78 is 6.69. The smallest absolute Gasteiger partial charge is 0.261 e. The van der Waals surface area contributed by atoms with Crippen molar-refractivity contribution in [2.24, 2.45) is 0 Å². The van der Waals surface area contributed by atoms with Crippen molar-refractivity contribution in [3.63, 3.8) is 0 Å². The molecule has 2 amide bonds. The highest BCUT2D eigenvalue weighted by atomic mass is 79.9. The van der Waals surface area contributed by atoms with E-state index in [4.69, 9.17) is 27.9 Å². The van der Waals surface area contributed by atoms with Crippen LogP contribution in [0.5, 0.6) is 5.75 Å². The molecule has 5 nitrogen and oxygen atoms in total. The third-order valence-corrected chi connectivity index (χ3v) is 7.75. The van der Waals surface area contributed by atoms with Crippen molar-refractivity contribution < 1.29 is 14.3 Å². The van der Waals surface area contributed by atoms with Crippen molar-refractivity contribution >= 4 is 50.9 Å². The third kappa shape index (κ3) is 8.23. The molecule has 38 heavy (non-hydrogen) atoms. The molecule has 0 aliphatic carbocycles. The first kappa shape index (κ1) is 30.0. The lowest BCUT2D eigenvalue weighted by Gasteiger charge is -2.32. The Morgan fingerprint density at radius 1 is 0.974 bits per heavy atom. The number of hydrogen-bond donors (Lipinski definition) is 1. The van der Waals surface area contributed by atoms with Crippen molar-refractivity contribution in [2.75, 3.05) is 6.61 Å². The van der Waals surface area contributed by atoms with Crippen LogP contribution in [0.4, 0.5) is 0 Å². The van der Waals surface area contributed by atoms with Gasteiger partial charge in [0.25, 0.3) is 5.91 Å². The molecule has 0 saturated heterocycles. The van der Waals surface area contributed by atoms with Gasteiger partial charge in [-0.2, -0.15) is 0 Å². The highest BCUT2D eigenvalue weighted by molar-refractivity contribution is 9.10. The summed E-state index contributed by atoms with van der Waals surface area (Å²) in [5, 5.41) is 3.90. The molecule has 0 spiro atoms. The van der Waals surface area contributed by atoms with Gasteiger partial charge in [-0.15, -0.1) is 0 Å². The van der Waals surface area contributed by atoms with Crippen LogP contribution < -0.4 is 10.1 Å². The van der Waals surface area contributed by atoms with Gasteiger partial charge in [-0.25, -0.2) is 0 Å². The molecular formula is C30H33BrCl2N2O3. The van der Waals surface area contributed by atoms with Crippen LogP contribution in [0.2, 0.25) is 10.0 Å². The van der Waals surface area contributed by atoms with Gasteiger partial charge in [-0.1, -0.05) is 79.5 Å². The largest absolute Gasteiger partial charge is 0.483 e. The summed E-state index contributed by atoms with van der Waals surface area (Å²) in [7, 11) is 0. The number of ether oxygens (including phenoxy) is 1. The fraction of sp³-hybridized carbons (Fsp3) is 0.333. The topological polar surface area (TPSA) is 58.6 Å². The van der Waals surface area contributed by atoms with Crippen molar-refractivity contribution in [3.05, 3.63) is 97.9 Å². The molecule has 3 rings (SSSR count). The summed E-state index contributed by atoms with van der Waals surface area (Å²) in [4.78, 5) is 28.9. The van der Waals surface area contributed by atoms with Crippen LogP contribution in [0.1, 0.15) is 43.9 Å². The van der Waals surface area contributed by atoms with Crippen LogP contribution in [-0.4, -0.2) is 35.4 Å². The second-order valence-electron chi connectivity index (χ2n) is 9.15. The van der Waals surface area contributed by atoms with Crippen LogP contribution in [-0.2, 0) is 29.0 Å². The van der Waals surface area contributed by atoms with Gasteiger partial charge in [-0.05, 0) is 71.1 Å². The summed E-state index contributed by atoms with van der Waals surface area (Å²) >= 11 is 16.5. The van der Waals surface area contributed by atoms with Gasteiger partial charge in [0.15, 0.2) is 6.61 Å².